The van der Waals surface area contributed by atoms with Gasteiger partial charge in [0.25, 0.3) is 0 Å². The molecule has 2 nitrogen and oxygen atoms in total. The molecule has 1 saturated carbocycles. The fourth-order valence-electron chi connectivity index (χ4n) is 1.51. The first-order valence-electron chi connectivity index (χ1n) is 3.87. The molecule has 11 heavy (non-hydrogen) atoms. The topological polar surface area (TPSA) is 33.1 Å². The Balaban J connectivity index is 2.28. The van der Waals surface area contributed by atoms with Gasteiger partial charge >= 0.3 is 0 Å². The third kappa shape index (κ3) is 0.914. The van der Waals surface area contributed by atoms with E-state index in [1.165, 1.54) is 11.5 Å². The van der Waals surface area contributed by atoms with Gasteiger partial charge in [-0.2, -0.15) is 0 Å². The first-order valence-corrected chi connectivity index (χ1v) is 4.64. The zero-order valence-corrected chi connectivity index (χ0v) is 7.27. The van der Waals surface area contributed by atoms with Gasteiger partial charge < -0.3 is 5.11 Å². The van der Waals surface area contributed by atoms with E-state index in [2.05, 4.69) is 11.3 Å². The predicted octanol–water partition coefficient (Wildman–Crippen LogP) is 1.76. The monoisotopic (exact) mass is 169 g/mol. The summed E-state index contributed by atoms with van der Waals surface area (Å²) >= 11 is 1.41. The van der Waals surface area contributed by atoms with Crippen LogP contribution in [0, 0.1) is 5.92 Å². The van der Waals surface area contributed by atoms with Gasteiger partial charge in [0.05, 0.1) is 4.88 Å². The van der Waals surface area contributed by atoms with Gasteiger partial charge in [0, 0.05) is 6.20 Å². The Kier molecular flexibility index (Phi) is 1.51. The van der Waals surface area contributed by atoms with Gasteiger partial charge in [-0.05, 0) is 36.4 Å². The van der Waals surface area contributed by atoms with Crippen LogP contribution < -0.4 is 0 Å². The minimum absolute atomic E-state index is 0.406. The molecule has 0 aliphatic heterocycles. The lowest BCUT2D eigenvalue weighted by Gasteiger charge is -2.42. The summed E-state index contributed by atoms with van der Waals surface area (Å²) < 4.78 is 3.99. The van der Waals surface area contributed by atoms with Crippen LogP contribution >= 0.6 is 11.5 Å². The van der Waals surface area contributed by atoms with Crippen molar-refractivity contribution in [3.05, 3.63) is 17.1 Å². The fourth-order valence-corrected chi connectivity index (χ4v) is 2.33. The molecule has 1 aromatic rings. The van der Waals surface area contributed by atoms with E-state index in [0.29, 0.717) is 5.92 Å². The molecule has 1 N–H and O–H groups in total. The van der Waals surface area contributed by atoms with Gasteiger partial charge in [0.15, 0.2) is 0 Å². The minimum Gasteiger partial charge on any atom is -0.384 e. The zero-order valence-electron chi connectivity index (χ0n) is 6.45. The van der Waals surface area contributed by atoms with Crippen LogP contribution in [0.5, 0.6) is 0 Å². The van der Waals surface area contributed by atoms with Crippen LogP contribution in [0.25, 0.3) is 0 Å². The van der Waals surface area contributed by atoms with Crippen LogP contribution in [0.2, 0.25) is 0 Å². The summed E-state index contributed by atoms with van der Waals surface area (Å²) in [5.41, 5.74) is -0.541. The molecule has 0 radical (unpaired) electrons. The standard InChI is InChI=1S/C8H11NOS/c1-6-2-4-8(6,10)7-3-5-9-11-7/h3,5-6,10H,2,4H2,1H3. The summed E-state index contributed by atoms with van der Waals surface area (Å²) in [6, 6.07) is 1.92. The molecule has 2 rings (SSSR count). The Morgan fingerprint density at radius 1 is 1.82 bits per heavy atom. The fraction of sp³-hybridized carbons (Fsp3) is 0.625. The summed E-state index contributed by atoms with van der Waals surface area (Å²) in [5, 5.41) is 10.0. The van der Waals surface area contributed by atoms with Crippen LogP contribution in [0.3, 0.4) is 0 Å². The molecule has 60 valence electrons. The highest BCUT2D eigenvalue weighted by Crippen LogP contribution is 2.47. The van der Waals surface area contributed by atoms with E-state index in [1.807, 2.05) is 6.07 Å². The number of nitrogens with zero attached hydrogens (tertiary/aromatic N) is 1. The molecule has 1 fully saturated rings. The molecular weight excluding hydrogens is 158 g/mol. The highest BCUT2D eigenvalue weighted by Gasteiger charge is 2.44. The quantitative estimate of drug-likeness (QED) is 0.695. The van der Waals surface area contributed by atoms with Crippen molar-refractivity contribution >= 4 is 11.5 Å². The Morgan fingerprint density at radius 2 is 2.64 bits per heavy atom. The predicted molar refractivity (Wildman–Crippen MR) is 44.4 cm³/mol. The Bertz CT molecular complexity index is 247. The van der Waals surface area contributed by atoms with Gasteiger partial charge in [-0.3, -0.25) is 0 Å². The number of aromatic nitrogens is 1. The summed E-state index contributed by atoms with van der Waals surface area (Å²) in [4.78, 5) is 1.02. The molecule has 0 bridgehead atoms. The highest BCUT2D eigenvalue weighted by molar-refractivity contribution is 7.05. The summed E-state index contributed by atoms with van der Waals surface area (Å²) in [6.45, 7) is 2.09. The third-order valence-corrected chi connectivity index (χ3v) is 3.55. The van der Waals surface area contributed by atoms with E-state index in [1.54, 1.807) is 6.20 Å². The van der Waals surface area contributed by atoms with Crippen LogP contribution in [0.4, 0.5) is 0 Å². The van der Waals surface area contributed by atoms with Crippen LogP contribution in [0.15, 0.2) is 12.3 Å². The van der Waals surface area contributed by atoms with E-state index < -0.39 is 5.60 Å². The smallest absolute Gasteiger partial charge is 0.103 e. The third-order valence-electron chi connectivity index (χ3n) is 2.64. The molecular formula is C8H11NOS. The van der Waals surface area contributed by atoms with Crippen molar-refractivity contribution in [1.29, 1.82) is 0 Å². The molecule has 2 unspecified atom stereocenters. The van der Waals surface area contributed by atoms with Crippen molar-refractivity contribution in [2.24, 2.45) is 5.92 Å². The van der Waals surface area contributed by atoms with Gasteiger partial charge in [-0.25, -0.2) is 4.37 Å². The van der Waals surface area contributed by atoms with Crippen LogP contribution in [-0.2, 0) is 5.60 Å². The molecule has 1 heterocycles. The summed E-state index contributed by atoms with van der Waals surface area (Å²) in [7, 11) is 0. The number of rotatable bonds is 1. The SMILES string of the molecule is CC1CCC1(O)c1ccns1. The minimum atomic E-state index is -0.541. The van der Waals surface area contributed by atoms with E-state index in [0.717, 1.165) is 17.7 Å². The molecule has 1 aromatic heterocycles. The van der Waals surface area contributed by atoms with Crippen molar-refractivity contribution in [2.45, 2.75) is 25.4 Å². The average Bonchev–Trinajstić information content (AvgIpc) is 2.52. The summed E-state index contributed by atoms with van der Waals surface area (Å²) in [6.07, 6.45) is 3.79. The molecule has 0 aromatic carbocycles. The van der Waals surface area contributed by atoms with Gasteiger partial charge in [-0.15, -0.1) is 0 Å². The highest BCUT2D eigenvalue weighted by atomic mass is 32.1. The van der Waals surface area contributed by atoms with Gasteiger partial charge in [-0.1, -0.05) is 6.92 Å². The second-order valence-corrected chi connectivity index (χ2v) is 4.07. The van der Waals surface area contributed by atoms with E-state index in [9.17, 15) is 5.11 Å². The van der Waals surface area contributed by atoms with Crippen molar-refractivity contribution in [3.63, 3.8) is 0 Å². The first-order chi connectivity index (χ1) is 5.23. The largest absolute Gasteiger partial charge is 0.384 e. The molecule has 0 saturated heterocycles. The van der Waals surface area contributed by atoms with Gasteiger partial charge in [0.2, 0.25) is 0 Å². The van der Waals surface area contributed by atoms with E-state index in [4.69, 9.17) is 0 Å². The lowest BCUT2D eigenvalue weighted by Crippen LogP contribution is -2.41. The maximum atomic E-state index is 10.0. The number of aliphatic hydroxyl groups is 1. The molecule has 1 aliphatic carbocycles. The Morgan fingerprint density at radius 3 is 3.00 bits per heavy atom. The van der Waals surface area contributed by atoms with Crippen molar-refractivity contribution in [1.82, 2.24) is 4.37 Å². The molecule has 2 atom stereocenters. The second-order valence-electron chi connectivity index (χ2n) is 3.24. The molecule has 1 aliphatic rings. The van der Waals surface area contributed by atoms with Crippen molar-refractivity contribution in [2.75, 3.05) is 0 Å². The zero-order chi connectivity index (χ0) is 7.90. The maximum Gasteiger partial charge on any atom is 0.103 e. The van der Waals surface area contributed by atoms with Gasteiger partial charge in [0.1, 0.15) is 5.60 Å². The Labute approximate surface area is 70.0 Å². The molecule has 3 heteroatoms. The maximum absolute atomic E-state index is 10.0. The molecule has 0 amide bonds. The summed E-state index contributed by atoms with van der Waals surface area (Å²) in [5.74, 6) is 0.406. The van der Waals surface area contributed by atoms with Crippen LogP contribution in [-0.4, -0.2) is 9.48 Å². The van der Waals surface area contributed by atoms with E-state index in [-0.39, 0.29) is 0 Å². The lowest BCUT2D eigenvalue weighted by atomic mass is 9.70. The second kappa shape index (κ2) is 2.29. The van der Waals surface area contributed by atoms with Crippen LogP contribution in [0.1, 0.15) is 24.6 Å². The van der Waals surface area contributed by atoms with E-state index >= 15 is 0 Å². The lowest BCUT2D eigenvalue weighted by molar-refractivity contribution is -0.0900. The Hall–Kier alpha value is -0.410. The number of hydrogen-bond donors (Lipinski definition) is 1. The van der Waals surface area contributed by atoms with Crippen molar-refractivity contribution < 1.29 is 5.11 Å². The number of hydrogen-bond acceptors (Lipinski definition) is 3. The average molecular weight is 169 g/mol. The van der Waals surface area contributed by atoms with Crippen molar-refractivity contribution in [3.8, 4) is 0 Å². The normalized spacial score (nSPS) is 36.7. The first kappa shape index (κ1) is 7.25. The molecule has 0 spiro atoms.